The average Bonchev–Trinajstić information content (AvgIpc) is 3.40. The van der Waals surface area contributed by atoms with Gasteiger partial charge < -0.3 is 14.8 Å². The lowest BCUT2D eigenvalue weighted by Gasteiger charge is -2.16. The number of halogens is 1. The molecule has 2 aromatic carbocycles. The zero-order valence-corrected chi connectivity index (χ0v) is 15.7. The maximum Gasteiger partial charge on any atom is 0.236 e. The van der Waals surface area contributed by atoms with Gasteiger partial charge in [0.2, 0.25) is 12.7 Å². The summed E-state index contributed by atoms with van der Waals surface area (Å²) in [5.74, 6) is 1.90. The van der Waals surface area contributed by atoms with Crippen molar-refractivity contribution in [3.8, 4) is 22.8 Å². The summed E-state index contributed by atoms with van der Waals surface area (Å²) < 4.78 is 10.8. The second kappa shape index (κ2) is 6.53. The van der Waals surface area contributed by atoms with E-state index < -0.39 is 5.41 Å². The number of carbonyl (C=O) groups is 1. The number of benzene rings is 2. The summed E-state index contributed by atoms with van der Waals surface area (Å²) in [5.41, 5.74) is 2.14. The number of pyridine rings is 1. The van der Waals surface area contributed by atoms with Crippen molar-refractivity contribution < 1.29 is 14.3 Å². The molecule has 6 heteroatoms. The van der Waals surface area contributed by atoms with E-state index in [4.69, 9.17) is 21.1 Å². The Kier molecular flexibility index (Phi) is 3.98. The quantitative estimate of drug-likeness (QED) is 0.692. The molecule has 1 aromatic heterocycles. The number of anilines is 1. The molecule has 0 bridgehead atoms. The molecule has 2 aliphatic rings. The number of rotatable bonds is 4. The number of fused-ring (bicyclic) bond motifs is 1. The van der Waals surface area contributed by atoms with Crippen LogP contribution in [0.2, 0.25) is 5.02 Å². The topological polar surface area (TPSA) is 60.5 Å². The van der Waals surface area contributed by atoms with E-state index in [0.29, 0.717) is 16.6 Å². The molecule has 1 saturated carbocycles. The molecule has 1 fully saturated rings. The van der Waals surface area contributed by atoms with Crippen LogP contribution in [0.15, 0.2) is 60.7 Å². The highest BCUT2D eigenvalue weighted by Gasteiger charge is 2.51. The summed E-state index contributed by atoms with van der Waals surface area (Å²) in [6, 6.07) is 18.8. The van der Waals surface area contributed by atoms with Gasteiger partial charge in [-0.2, -0.15) is 0 Å². The van der Waals surface area contributed by atoms with Crippen molar-refractivity contribution in [2.24, 2.45) is 0 Å². The SMILES string of the molecule is O=C(Nc1cccc(-c2ccc(Cl)cc2)n1)C1(c2ccc3c(c2)OCO3)CC1. The molecule has 5 rings (SSSR count). The maximum absolute atomic E-state index is 13.0. The van der Waals surface area contributed by atoms with E-state index in [0.717, 1.165) is 35.4 Å². The number of nitrogens with one attached hydrogen (secondary N) is 1. The van der Waals surface area contributed by atoms with Crippen LogP contribution in [-0.4, -0.2) is 17.7 Å². The number of hydrogen-bond donors (Lipinski definition) is 1. The van der Waals surface area contributed by atoms with Gasteiger partial charge in [0.15, 0.2) is 11.5 Å². The first kappa shape index (κ1) is 17.1. The predicted molar refractivity (Wildman–Crippen MR) is 107 cm³/mol. The lowest BCUT2D eigenvalue weighted by molar-refractivity contribution is -0.118. The van der Waals surface area contributed by atoms with Crippen molar-refractivity contribution in [1.29, 1.82) is 0 Å². The number of ether oxygens (including phenoxy) is 2. The van der Waals surface area contributed by atoms with Gasteiger partial charge in [-0.3, -0.25) is 4.79 Å². The molecule has 1 aliphatic heterocycles. The molecule has 1 aliphatic carbocycles. The summed E-state index contributed by atoms with van der Waals surface area (Å²) in [7, 11) is 0. The van der Waals surface area contributed by atoms with Gasteiger partial charge in [-0.25, -0.2) is 4.98 Å². The second-order valence-corrected chi connectivity index (χ2v) is 7.46. The van der Waals surface area contributed by atoms with E-state index in [2.05, 4.69) is 10.3 Å². The predicted octanol–water partition coefficient (Wildman–Crippen LogP) is 4.80. The van der Waals surface area contributed by atoms with Crippen LogP contribution in [0.3, 0.4) is 0 Å². The number of hydrogen-bond acceptors (Lipinski definition) is 4. The van der Waals surface area contributed by atoms with Crippen LogP contribution in [0.1, 0.15) is 18.4 Å². The molecule has 1 amide bonds. The minimum atomic E-state index is -0.529. The highest BCUT2D eigenvalue weighted by atomic mass is 35.5. The van der Waals surface area contributed by atoms with Crippen LogP contribution in [-0.2, 0) is 10.2 Å². The zero-order valence-electron chi connectivity index (χ0n) is 14.9. The molecule has 0 saturated heterocycles. The van der Waals surface area contributed by atoms with Gasteiger partial charge in [0.25, 0.3) is 0 Å². The first-order valence-electron chi connectivity index (χ1n) is 9.09. The third kappa shape index (κ3) is 2.98. The first-order chi connectivity index (χ1) is 13.6. The third-order valence-electron chi connectivity index (χ3n) is 5.24. The van der Waals surface area contributed by atoms with Crippen molar-refractivity contribution in [2.75, 3.05) is 12.1 Å². The van der Waals surface area contributed by atoms with Gasteiger partial charge in [-0.1, -0.05) is 35.9 Å². The number of aromatic nitrogens is 1. The monoisotopic (exact) mass is 392 g/mol. The Hall–Kier alpha value is -3.05. The smallest absolute Gasteiger partial charge is 0.236 e. The zero-order chi connectivity index (χ0) is 19.1. The summed E-state index contributed by atoms with van der Waals surface area (Å²) >= 11 is 5.96. The van der Waals surface area contributed by atoms with Gasteiger partial charge in [0, 0.05) is 10.6 Å². The summed E-state index contributed by atoms with van der Waals surface area (Å²) in [6.07, 6.45) is 1.60. The Morgan fingerprint density at radius 1 is 1.00 bits per heavy atom. The van der Waals surface area contributed by atoms with Crippen LogP contribution < -0.4 is 14.8 Å². The number of nitrogens with zero attached hydrogens (tertiary/aromatic N) is 1. The van der Waals surface area contributed by atoms with E-state index in [-0.39, 0.29) is 12.7 Å². The summed E-state index contributed by atoms with van der Waals surface area (Å²) in [5, 5.41) is 3.66. The van der Waals surface area contributed by atoms with Gasteiger partial charge in [-0.05, 0) is 54.8 Å². The lowest BCUT2D eigenvalue weighted by atomic mass is 9.94. The van der Waals surface area contributed by atoms with E-state index >= 15 is 0 Å². The lowest BCUT2D eigenvalue weighted by Crippen LogP contribution is -2.28. The molecule has 140 valence electrons. The fourth-order valence-corrected chi connectivity index (χ4v) is 3.61. The third-order valence-corrected chi connectivity index (χ3v) is 5.49. The van der Waals surface area contributed by atoms with Crippen molar-refractivity contribution in [2.45, 2.75) is 18.3 Å². The number of carbonyl (C=O) groups excluding carboxylic acids is 1. The van der Waals surface area contributed by atoms with Crippen molar-refractivity contribution >= 4 is 23.3 Å². The van der Waals surface area contributed by atoms with E-state index in [1.807, 2.05) is 54.6 Å². The number of amides is 1. The molecule has 28 heavy (non-hydrogen) atoms. The van der Waals surface area contributed by atoms with Crippen LogP contribution in [0, 0.1) is 0 Å². The van der Waals surface area contributed by atoms with Crippen molar-refractivity contribution in [1.82, 2.24) is 4.98 Å². The van der Waals surface area contributed by atoms with E-state index in [9.17, 15) is 4.79 Å². The van der Waals surface area contributed by atoms with Gasteiger partial charge >= 0.3 is 0 Å². The molecule has 0 atom stereocenters. The molecule has 0 unspecified atom stereocenters. The van der Waals surface area contributed by atoms with Crippen LogP contribution in [0.25, 0.3) is 11.3 Å². The van der Waals surface area contributed by atoms with E-state index in [1.165, 1.54) is 0 Å². The molecule has 3 aromatic rings. The minimum Gasteiger partial charge on any atom is -0.454 e. The normalized spacial score (nSPS) is 15.9. The molecule has 0 spiro atoms. The van der Waals surface area contributed by atoms with E-state index in [1.54, 1.807) is 6.07 Å². The highest BCUT2D eigenvalue weighted by molar-refractivity contribution is 6.30. The fraction of sp³-hybridized carbons (Fsp3) is 0.182. The Labute approximate surface area is 167 Å². The molecular formula is C22H17ClN2O3. The Balaban J connectivity index is 1.38. The van der Waals surface area contributed by atoms with Gasteiger partial charge in [0.1, 0.15) is 5.82 Å². The largest absolute Gasteiger partial charge is 0.454 e. The van der Waals surface area contributed by atoms with Crippen LogP contribution in [0.5, 0.6) is 11.5 Å². The molecule has 1 N–H and O–H groups in total. The Morgan fingerprint density at radius 2 is 1.79 bits per heavy atom. The summed E-state index contributed by atoms with van der Waals surface area (Å²) in [6.45, 7) is 0.222. The average molecular weight is 393 g/mol. The molecule has 0 radical (unpaired) electrons. The van der Waals surface area contributed by atoms with Gasteiger partial charge in [0.05, 0.1) is 11.1 Å². The van der Waals surface area contributed by atoms with Crippen molar-refractivity contribution in [3.63, 3.8) is 0 Å². The molecular weight excluding hydrogens is 376 g/mol. The van der Waals surface area contributed by atoms with Gasteiger partial charge in [-0.15, -0.1) is 0 Å². The maximum atomic E-state index is 13.0. The summed E-state index contributed by atoms with van der Waals surface area (Å²) in [4.78, 5) is 17.6. The Bertz CT molecular complexity index is 1060. The molecule has 5 nitrogen and oxygen atoms in total. The highest BCUT2D eigenvalue weighted by Crippen LogP contribution is 2.51. The Morgan fingerprint density at radius 3 is 2.57 bits per heavy atom. The fourth-order valence-electron chi connectivity index (χ4n) is 3.49. The standard InChI is InChI=1S/C22H17ClN2O3/c23-16-7-4-14(5-8-16)17-2-1-3-20(24-17)25-21(26)22(10-11-22)15-6-9-18-19(12-15)28-13-27-18/h1-9,12H,10-11,13H2,(H,24,25,26). The van der Waals surface area contributed by atoms with Crippen LogP contribution in [0.4, 0.5) is 5.82 Å². The van der Waals surface area contributed by atoms with Crippen molar-refractivity contribution in [3.05, 3.63) is 71.2 Å². The second-order valence-electron chi connectivity index (χ2n) is 7.02. The molecule has 2 heterocycles. The minimum absolute atomic E-state index is 0.0490. The van der Waals surface area contributed by atoms with Crippen LogP contribution >= 0.6 is 11.6 Å². The first-order valence-corrected chi connectivity index (χ1v) is 9.46.